The molecule has 0 saturated carbocycles. The Morgan fingerprint density at radius 1 is 0.806 bits per heavy atom. The summed E-state index contributed by atoms with van der Waals surface area (Å²) in [5, 5.41) is 9.68. The molecule has 1 aromatic heterocycles. The highest BCUT2D eigenvalue weighted by molar-refractivity contribution is 6.37. The smallest absolute Gasteiger partial charge is 0.335 e. The van der Waals surface area contributed by atoms with Gasteiger partial charge in [-0.2, -0.15) is 0 Å². The molecular weight excluding hydrogens is 480 g/mol. The molecule has 1 aliphatic rings. The Morgan fingerprint density at radius 2 is 1.50 bits per heavy atom. The summed E-state index contributed by atoms with van der Waals surface area (Å²) >= 11 is 6.65. The van der Waals surface area contributed by atoms with Crippen molar-refractivity contribution in [3.63, 3.8) is 0 Å². The number of carbonyl (C=O) groups is 3. The number of imide groups is 1. The van der Waals surface area contributed by atoms with Crippen LogP contribution in [-0.4, -0.2) is 27.9 Å². The predicted octanol–water partition coefficient (Wildman–Crippen LogP) is 6.31. The van der Waals surface area contributed by atoms with Crippen LogP contribution < -0.4 is 4.90 Å². The number of amides is 2. The Bertz CT molecular complexity index is 1710. The van der Waals surface area contributed by atoms with E-state index in [4.69, 9.17) is 16.0 Å². The molecule has 0 aliphatic carbocycles. The first-order chi connectivity index (χ1) is 17.4. The zero-order valence-electron chi connectivity index (χ0n) is 18.4. The second kappa shape index (κ2) is 8.18. The molecule has 174 valence electrons. The first-order valence-corrected chi connectivity index (χ1v) is 11.3. The molecule has 0 radical (unpaired) electrons. The third-order valence-corrected chi connectivity index (χ3v) is 6.47. The number of carbonyl (C=O) groups excluding carboxylic acids is 2. The van der Waals surface area contributed by atoms with Crippen LogP contribution >= 0.6 is 11.6 Å². The van der Waals surface area contributed by atoms with Crippen LogP contribution in [0.5, 0.6) is 0 Å². The number of benzene rings is 4. The zero-order chi connectivity index (χ0) is 25.0. The normalized spacial score (nSPS) is 12.9. The van der Waals surface area contributed by atoms with Gasteiger partial charge in [0.25, 0.3) is 11.8 Å². The maximum atomic E-state index is 12.9. The number of hydrogen-bond acceptors (Lipinski definition) is 5. The molecule has 0 spiro atoms. The van der Waals surface area contributed by atoms with Crippen molar-refractivity contribution in [1.29, 1.82) is 0 Å². The highest BCUT2D eigenvalue weighted by Crippen LogP contribution is 2.37. The molecule has 0 saturated heterocycles. The van der Waals surface area contributed by atoms with Crippen LogP contribution in [0, 0.1) is 0 Å². The van der Waals surface area contributed by atoms with E-state index < -0.39 is 17.8 Å². The van der Waals surface area contributed by atoms with Crippen molar-refractivity contribution in [3.05, 3.63) is 107 Å². The Balaban J connectivity index is 1.32. The lowest BCUT2D eigenvalue weighted by Crippen LogP contribution is -2.29. The highest BCUT2D eigenvalue weighted by Gasteiger charge is 2.37. The molecular formula is C28H15ClN2O5. The Kier molecular flexibility index (Phi) is 4.94. The van der Waals surface area contributed by atoms with Crippen LogP contribution in [0.1, 0.15) is 31.1 Å². The summed E-state index contributed by atoms with van der Waals surface area (Å²) < 4.78 is 5.92. The van der Waals surface area contributed by atoms with Crippen molar-refractivity contribution < 1.29 is 23.9 Å². The fraction of sp³-hybridized carbons (Fsp3) is 0. The molecule has 7 nitrogen and oxygen atoms in total. The number of aromatic carboxylic acids is 1. The van der Waals surface area contributed by atoms with Crippen molar-refractivity contribution in [3.8, 4) is 22.6 Å². The molecule has 8 heteroatoms. The van der Waals surface area contributed by atoms with Crippen molar-refractivity contribution in [2.24, 2.45) is 0 Å². The number of anilines is 1. The van der Waals surface area contributed by atoms with E-state index in [2.05, 4.69) is 4.98 Å². The summed E-state index contributed by atoms with van der Waals surface area (Å²) in [6.07, 6.45) is 0. The molecule has 1 N–H and O–H groups in total. The molecule has 0 fully saturated rings. The number of fused-ring (bicyclic) bond motifs is 2. The quantitative estimate of drug-likeness (QED) is 0.294. The Labute approximate surface area is 209 Å². The highest BCUT2D eigenvalue weighted by atomic mass is 35.5. The van der Waals surface area contributed by atoms with Gasteiger partial charge in [-0.05, 0) is 60.2 Å². The van der Waals surface area contributed by atoms with Gasteiger partial charge in [-0.1, -0.05) is 41.9 Å². The van der Waals surface area contributed by atoms with E-state index in [1.807, 2.05) is 42.5 Å². The van der Waals surface area contributed by atoms with Crippen LogP contribution in [0.15, 0.2) is 89.3 Å². The van der Waals surface area contributed by atoms with Gasteiger partial charge in [0.05, 0.1) is 27.4 Å². The molecule has 1 aliphatic heterocycles. The first-order valence-electron chi connectivity index (χ1n) is 10.9. The molecule has 36 heavy (non-hydrogen) atoms. The first kappa shape index (κ1) is 21.8. The summed E-state index contributed by atoms with van der Waals surface area (Å²) in [7, 11) is 0. The summed E-state index contributed by atoms with van der Waals surface area (Å²) in [5.74, 6) is -1.91. The van der Waals surface area contributed by atoms with E-state index >= 15 is 0 Å². The van der Waals surface area contributed by atoms with E-state index in [1.54, 1.807) is 24.3 Å². The average molecular weight is 495 g/mol. The lowest BCUT2D eigenvalue weighted by Gasteiger charge is -2.13. The maximum Gasteiger partial charge on any atom is 0.335 e. The Hall–Kier alpha value is -4.75. The van der Waals surface area contributed by atoms with Crippen LogP contribution in [0.4, 0.5) is 5.69 Å². The molecule has 0 atom stereocenters. The van der Waals surface area contributed by atoms with Gasteiger partial charge in [-0.3, -0.25) is 9.59 Å². The monoisotopic (exact) mass is 494 g/mol. The van der Waals surface area contributed by atoms with Crippen molar-refractivity contribution in [2.45, 2.75) is 0 Å². The molecule has 5 aromatic rings. The van der Waals surface area contributed by atoms with E-state index in [9.17, 15) is 19.5 Å². The number of carboxylic acids is 1. The SMILES string of the molecule is O=C(O)c1ccc2c(c1)C(=O)N(c1ccc(-c3nc4c(Cl)c(-c5ccccc5)ccc4o3)cc1)C2=O. The number of rotatable bonds is 4. The number of halogens is 1. The average Bonchev–Trinajstić information content (AvgIpc) is 3.44. The van der Waals surface area contributed by atoms with Gasteiger partial charge in [0.1, 0.15) is 5.52 Å². The van der Waals surface area contributed by atoms with Crippen LogP contribution in [0.25, 0.3) is 33.7 Å². The minimum atomic E-state index is -1.17. The van der Waals surface area contributed by atoms with Crippen molar-refractivity contribution in [2.75, 3.05) is 4.90 Å². The van der Waals surface area contributed by atoms with Gasteiger partial charge < -0.3 is 9.52 Å². The summed E-state index contributed by atoms with van der Waals surface area (Å²) in [4.78, 5) is 42.6. The lowest BCUT2D eigenvalue weighted by atomic mass is 10.1. The van der Waals surface area contributed by atoms with Gasteiger partial charge in [-0.25, -0.2) is 14.7 Å². The van der Waals surface area contributed by atoms with Crippen LogP contribution in [0.2, 0.25) is 5.02 Å². The third-order valence-electron chi connectivity index (χ3n) is 6.09. The molecule has 4 aromatic carbocycles. The standard InChI is InChI=1S/C28H15ClN2O5/c29-23-19(15-4-2-1-3-5-15)12-13-22-24(23)30-25(36-22)16-6-9-18(10-7-16)31-26(32)20-11-8-17(28(34)35)14-21(20)27(31)33/h1-14H,(H,34,35). The molecule has 0 bridgehead atoms. The zero-order valence-corrected chi connectivity index (χ0v) is 19.2. The van der Waals surface area contributed by atoms with Crippen LogP contribution in [0.3, 0.4) is 0 Å². The second-order valence-electron chi connectivity index (χ2n) is 8.22. The van der Waals surface area contributed by atoms with E-state index in [1.165, 1.54) is 18.2 Å². The third kappa shape index (κ3) is 3.37. The summed E-state index contributed by atoms with van der Waals surface area (Å²) in [5.41, 5.74) is 4.03. The number of hydrogen-bond donors (Lipinski definition) is 1. The number of nitrogens with zero attached hydrogens (tertiary/aromatic N) is 2. The largest absolute Gasteiger partial charge is 0.478 e. The summed E-state index contributed by atoms with van der Waals surface area (Å²) in [6.45, 7) is 0. The second-order valence-corrected chi connectivity index (χ2v) is 8.59. The number of aromatic nitrogens is 1. The van der Waals surface area contributed by atoms with Crippen LogP contribution in [-0.2, 0) is 0 Å². The van der Waals surface area contributed by atoms with Gasteiger partial charge >= 0.3 is 5.97 Å². The van der Waals surface area contributed by atoms with Gasteiger partial charge in [0.2, 0.25) is 5.89 Å². The van der Waals surface area contributed by atoms with Crippen molar-refractivity contribution >= 4 is 46.2 Å². The number of carboxylic acid groups (broad SMARTS) is 1. The fourth-order valence-electron chi connectivity index (χ4n) is 4.29. The van der Waals surface area contributed by atoms with Gasteiger partial charge in [0.15, 0.2) is 5.58 Å². The lowest BCUT2D eigenvalue weighted by molar-refractivity contribution is 0.0696. The van der Waals surface area contributed by atoms with E-state index in [0.717, 1.165) is 16.0 Å². The van der Waals surface area contributed by atoms with E-state index in [-0.39, 0.29) is 16.7 Å². The van der Waals surface area contributed by atoms with Gasteiger partial charge in [0, 0.05) is 11.1 Å². The fourth-order valence-corrected chi connectivity index (χ4v) is 4.59. The Morgan fingerprint density at radius 3 is 2.22 bits per heavy atom. The molecule has 0 unspecified atom stereocenters. The molecule has 6 rings (SSSR count). The van der Waals surface area contributed by atoms with Crippen molar-refractivity contribution in [1.82, 2.24) is 4.98 Å². The summed E-state index contributed by atoms with van der Waals surface area (Å²) in [6, 6.07) is 23.9. The molecule has 2 heterocycles. The predicted molar refractivity (Wildman–Crippen MR) is 134 cm³/mol. The topological polar surface area (TPSA) is 101 Å². The van der Waals surface area contributed by atoms with E-state index in [0.29, 0.717) is 33.3 Å². The minimum Gasteiger partial charge on any atom is -0.478 e. The minimum absolute atomic E-state index is 0.0582. The number of oxazole rings is 1. The maximum absolute atomic E-state index is 12.9. The molecule has 2 amide bonds. The van der Waals surface area contributed by atoms with Gasteiger partial charge in [-0.15, -0.1) is 0 Å².